The van der Waals surface area contributed by atoms with Crippen molar-refractivity contribution in [1.29, 1.82) is 0 Å². The molecular weight excluding hydrogens is 100 g/mol. The molecule has 0 amide bonds. The van der Waals surface area contributed by atoms with Crippen LogP contribution in [0.3, 0.4) is 0 Å². The van der Waals surface area contributed by atoms with Gasteiger partial charge in [0.15, 0.2) is 0 Å². The Morgan fingerprint density at radius 1 is 1.50 bits per heavy atom. The molecule has 8 heavy (non-hydrogen) atoms. The summed E-state index contributed by atoms with van der Waals surface area (Å²) >= 11 is 0. The van der Waals surface area contributed by atoms with Crippen molar-refractivity contribution in [3.8, 4) is 0 Å². The first kappa shape index (κ1) is 5.35. The van der Waals surface area contributed by atoms with Gasteiger partial charge in [-0.2, -0.15) is 5.10 Å². The highest BCUT2D eigenvalue weighted by atomic mass is 15.3. The van der Waals surface area contributed by atoms with Crippen molar-refractivity contribution < 1.29 is 0 Å². The number of nitrogens with one attached hydrogen (secondary N) is 1. The fraction of sp³-hybridized carbons (Fsp3) is 0.500. The first-order valence-electron chi connectivity index (χ1n) is 2.91. The maximum atomic E-state index is 3.87. The Balaban J connectivity index is 2.33. The molecule has 0 aromatic heterocycles. The lowest BCUT2D eigenvalue weighted by Gasteiger charge is -1.97. The lowest BCUT2D eigenvalue weighted by molar-refractivity contribution is 0.689. The third kappa shape index (κ3) is 1.78. The first-order valence-corrected chi connectivity index (χ1v) is 2.91. The molecule has 2 nitrogen and oxygen atoms in total. The summed E-state index contributed by atoms with van der Waals surface area (Å²) in [6.07, 6.45) is 8.22. The molecule has 0 bridgehead atoms. The molecule has 0 saturated heterocycles. The molecule has 0 unspecified atom stereocenters. The molecule has 1 aliphatic heterocycles. The van der Waals surface area contributed by atoms with Gasteiger partial charge in [-0.05, 0) is 18.9 Å². The minimum atomic E-state index is 1.00. The van der Waals surface area contributed by atoms with Gasteiger partial charge in [0.1, 0.15) is 0 Å². The van der Waals surface area contributed by atoms with E-state index >= 15 is 0 Å². The van der Waals surface area contributed by atoms with E-state index in [-0.39, 0.29) is 0 Å². The fourth-order valence-corrected chi connectivity index (χ4v) is 0.616. The number of hydrogen-bond donors (Lipinski definition) is 1. The summed E-state index contributed by atoms with van der Waals surface area (Å²) in [5, 5.41) is 3.87. The van der Waals surface area contributed by atoms with Gasteiger partial charge in [-0.25, -0.2) is 0 Å². The first-order chi connectivity index (χ1) is 4.00. The van der Waals surface area contributed by atoms with Crippen LogP contribution < -0.4 is 5.43 Å². The lowest BCUT2D eigenvalue weighted by atomic mass is 10.3. The van der Waals surface area contributed by atoms with Crippen LogP contribution in [0.2, 0.25) is 0 Å². The summed E-state index contributed by atoms with van der Waals surface area (Å²) in [4.78, 5) is 0. The van der Waals surface area contributed by atoms with Gasteiger partial charge in [-0.15, -0.1) is 0 Å². The van der Waals surface area contributed by atoms with Crippen molar-refractivity contribution in [2.24, 2.45) is 5.10 Å². The molecule has 0 aromatic rings. The number of nitrogens with zero attached hydrogens (tertiary/aromatic N) is 1. The van der Waals surface area contributed by atoms with Gasteiger partial charge in [0.25, 0.3) is 0 Å². The summed E-state index contributed by atoms with van der Waals surface area (Å²) in [7, 11) is 0. The second-order valence-electron chi connectivity index (χ2n) is 1.76. The molecule has 1 aliphatic rings. The number of hydrogen-bond acceptors (Lipinski definition) is 2. The minimum Gasteiger partial charge on any atom is -0.310 e. The lowest BCUT2D eigenvalue weighted by Crippen LogP contribution is -2.07. The summed E-state index contributed by atoms with van der Waals surface area (Å²) < 4.78 is 0. The van der Waals surface area contributed by atoms with Gasteiger partial charge in [0, 0.05) is 12.8 Å². The highest BCUT2D eigenvalue weighted by Crippen LogP contribution is 1.89. The zero-order valence-electron chi connectivity index (χ0n) is 4.80. The van der Waals surface area contributed by atoms with Crippen LogP contribution in [0.5, 0.6) is 0 Å². The Morgan fingerprint density at radius 2 is 2.50 bits per heavy atom. The number of allylic oxidation sites excluding steroid dienone is 2. The quantitative estimate of drug-likeness (QED) is 0.492. The molecular formula is C6H10N2. The van der Waals surface area contributed by atoms with Crippen LogP contribution in [0.15, 0.2) is 17.3 Å². The van der Waals surface area contributed by atoms with E-state index in [9.17, 15) is 0 Å². The molecule has 0 fully saturated rings. The molecule has 1 N–H and O–H groups in total. The van der Waals surface area contributed by atoms with Crippen molar-refractivity contribution in [1.82, 2.24) is 5.43 Å². The van der Waals surface area contributed by atoms with Crippen LogP contribution >= 0.6 is 0 Å². The average Bonchev–Trinajstić information content (AvgIpc) is 1.62. The summed E-state index contributed by atoms with van der Waals surface area (Å²) in [6.45, 7) is 1.00. The second-order valence-corrected chi connectivity index (χ2v) is 1.76. The van der Waals surface area contributed by atoms with Crippen LogP contribution in [-0.2, 0) is 0 Å². The van der Waals surface area contributed by atoms with Crippen molar-refractivity contribution >= 4 is 6.21 Å². The van der Waals surface area contributed by atoms with E-state index in [4.69, 9.17) is 0 Å². The number of hydrazone groups is 1. The zero-order valence-corrected chi connectivity index (χ0v) is 4.80. The summed E-state index contributed by atoms with van der Waals surface area (Å²) in [5.74, 6) is 0. The summed E-state index contributed by atoms with van der Waals surface area (Å²) in [5.41, 5.74) is 2.91. The molecule has 0 aliphatic carbocycles. The van der Waals surface area contributed by atoms with Gasteiger partial charge in [0.05, 0.1) is 0 Å². The Labute approximate surface area is 49.3 Å². The fourth-order valence-electron chi connectivity index (χ4n) is 0.616. The molecule has 44 valence electrons. The minimum absolute atomic E-state index is 1.00. The third-order valence-electron chi connectivity index (χ3n) is 1.05. The largest absolute Gasteiger partial charge is 0.310 e. The highest BCUT2D eigenvalue weighted by Gasteiger charge is 1.82. The SMILES string of the molecule is C1=C\CCCN\N=C/1. The zero-order chi connectivity index (χ0) is 5.66. The molecule has 1 rings (SSSR count). The van der Waals surface area contributed by atoms with Crippen molar-refractivity contribution in [3.05, 3.63) is 12.2 Å². The second kappa shape index (κ2) is 3.24. The predicted molar refractivity (Wildman–Crippen MR) is 34.9 cm³/mol. The Hall–Kier alpha value is -0.790. The average molecular weight is 110 g/mol. The van der Waals surface area contributed by atoms with Gasteiger partial charge in [-0.1, -0.05) is 6.08 Å². The van der Waals surface area contributed by atoms with Gasteiger partial charge >= 0.3 is 0 Å². The monoisotopic (exact) mass is 110 g/mol. The van der Waals surface area contributed by atoms with Gasteiger partial charge in [0.2, 0.25) is 0 Å². The van der Waals surface area contributed by atoms with Gasteiger partial charge in [-0.3, -0.25) is 0 Å². The maximum absolute atomic E-state index is 3.87. The molecule has 2 heteroatoms. The summed E-state index contributed by atoms with van der Waals surface area (Å²) in [6, 6.07) is 0. The Kier molecular flexibility index (Phi) is 2.17. The van der Waals surface area contributed by atoms with E-state index < -0.39 is 0 Å². The Morgan fingerprint density at radius 3 is 3.50 bits per heavy atom. The van der Waals surface area contributed by atoms with Crippen molar-refractivity contribution in [2.75, 3.05) is 6.54 Å². The Bertz CT molecular complexity index is 91.1. The predicted octanol–water partition coefficient (Wildman–Crippen LogP) is 0.912. The smallest absolute Gasteiger partial charge is 0.0464 e. The molecule has 1 heterocycles. The molecule has 0 atom stereocenters. The number of rotatable bonds is 0. The van der Waals surface area contributed by atoms with E-state index in [0.29, 0.717) is 0 Å². The van der Waals surface area contributed by atoms with Gasteiger partial charge < -0.3 is 5.43 Å². The highest BCUT2D eigenvalue weighted by molar-refractivity contribution is 5.70. The molecule has 0 saturated carbocycles. The standard InChI is InChI=1S/C6H10N2/c1-2-4-6-8-7-5-3-1/h1,3,5,8H,2,4,6H2/b3-1-,7-5-. The molecule has 0 spiro atoms. The van der Waals surface area contributed by atoms with Crippen LogP contribution in [-0.4, -0.2) is 12.8 Å². The van der Waals surface area contributed by atoms with Crippen LogP contribution in [0, 0.1) is 0 Å². The van der Waals surface area contributed by atoms with Crippen LogP contribution in [0.1, 0.15) is 12.8 Å². The normalized spacial score (nSPS) is 27.0. The maximum Gasteiger partial charge on any atom is 0.0464 e. The molecule has 0 aromatic carbocycles. The van der Waals surface area contributed by atoms with Crippen LogP contribution in [0.4, 0.5) is 0 Å². The van der Waals surface area contributed by atoms with E-state index in [1.807, 2.05) is 6.08 Å². The van der Waals surface area contributed by atoms with E-state index in [1.54, 1.807) is 6.21 Å². The van der Waals surface area contributed by atoms with E-state index in [0.717, 1.165) is 6.54 Å². The topological polar surface area (TPSA) is 24.4 Å². The third-order valence-corrected chi connectivity index (χ3v) is 1.05. The van der Waals surface area contributed by atoms with Crippen LogP contribution in [0.25, 0.3) is 0 Å². The van der Waals surface area contributed by atoms with Crippen molar-refractivity contribution in [3.63, 3.8) is 0 Å². The van der Waals surface area contributed by atoms with Crippen molar-refractivity contribution in [2.45, 2.75) is 12.8 Å². The van der Waals surface area contributed by atoms with E-state index in [1.165, 1.54) is 12.8 Å². The van der Waals surface area contributed by atoms with E-state index in [2.05, 4.69) is 16.6 Å². The molecule has 0 radical (unpaired) electrons.